The van der Waals surface area contributed by atoms with Gasteiger partial charge >= 0.3 is 0 Å². The number of halogens is 2. The fourth-order valence-corrected chi connectivity index (χ4v) is 3.02. The zero-order chi connectivity index (χ0) is 14.7. The molecule has 0 radical (unpaired) electrons. The highest BCUT2D eigenvalue weighted by atomic mass is 127. The number of carbonyl (C=O) groups is 1. The van der Waals surface area contributed by atoms with Gasteiger partial charge in [0.05, 0.1) is 10.5 Å². The first kappa shape index (κ1) is 18.1. The lowest BCUT2D eigenvalue weighted by atomic mass is 9.95. The van der Waals surface area contributed by atoms with Crippen LogP contribution < -0.4 is 10.6 Å². The van der Waals surface area contributed by atoms with Crippen LogP contribution in [0.5, 0.6) is 0 Å². The third-order valence-electron chi connectivity index (χ3n) is 3.51. The van der Waals surface area contributed by atoms with E-state index in [1.807, 2.05) is 22.6 Å². The summed E-state index contributed by atoms with van der Waals surface area (Å²) >= 11 is 1.96. The molecule has 0 aliphatic carbocycles. The van der Waals surface area contributed by atoms with E-state index in [1.165, 1.54) is 18.2 Å². The highest BCUT2D eigenvalue weighted by Gasteiger charge is 2.24. The molecule has 1 heterocycles. The Balaban J connectivity index is 0.00000220. The van der Waals surface area contributed by atoms with Crippen LogP contribution in [0.4, 0.5) is 5.69 Å². The zero-order valence-electron chi connectivity index (χ0n) is 11.5. The smallest absolute Gasteiger partial charge is 0.270 e. The molecular formula is C13H17ClIN3O3. The van der Waals surface area contributed by atoms with Gasteiger partial charge in [0, 0.05) is 21.7 Å². The standard InChI is InChI=1S/C13H16IN3O3.ClH/c1-8-7-15-5-4-12(8)16-13(18)10-3-2-9(17(19)20)6-11(10)14;/h2-3,6,8,12,15H,4-5,7H2,1H3,(H,16,18);1H. The van der Waals surface area contributed by atoms with Crippen LogP contribution in [0, 0.1) is 19.6 Å². The van der Waals surface area contributed by atoms with Crippen LogP contribution in [0.15, 0.2) is 18.2 Å². The van der Waals surface area contributed by atoms with Crippen LogP contribution in [-0.4, -0.2) is 30.0 Å². The molecule has 0 bridgehead atoms. The lowest BCUT2D eigenvalue weighted by Crippen LogP contribution is -2.48. The van der Waals surface area contributed by atoms with Gasteiger partial charge in [-0.25, -0.2) is 0 Å². The molecule has 0 saturated carbocycles. The summed E-state index contributed by atoms with van der Waals surface area (Å²) in [5, 5.41) is 17.0. The number of benzene rings is 1. The molecule has 2 unspecified atom stereocenters. The number of nitrogens with zero attached hydrogens (tertiary/aromatic N) is 1. The number of hydrogen-bond donors (Lipinski definition) is 2. The van der Waals surface area contributed by atoms with Crippen molar-refractivity contribution in [3.8, 4) is 0 Å². The summed E-state index contributed by atoms with van der Waals surface area (Å²) in [6.45, 7) is 3.88. The number of piperidine rings is 1. The van der Waals surface area contributed by atoms with Gasteiger partial charge in [0.15, 0.2) is 0 Å². The number of nitrogens with one attached hydrogen (secondary N) is 2. The first-order valence-electron chi connectivity index (χ1n) is 6.44. The molecule has 21 heavy (non-hydrogen) atoms. The van der Waals surface area contributed by atoms with Crippen LogP contribution in [0.3, 0.4) is 0 Å². The van der Waals surface area contributed by atoms with Crippen LogP contribution >= 0.6 is 35.0 Å². The zero-order valence-corrected chi connectivity index (χ0v) is 14.4. The van der Waals surface area contributed by atoms with Crippen molar-refractivity contribution < 1.29 is 9.72 Å². The Morgan fingerprint density at radius 1 is 1.52 bits per heavy atom. The quantitative estimate of drug-likeness (QED) is 0.442. The van der Waals surface area contributed by atoms with Crippen molar-refractivity contribution in [2.45, 2.75) is 19.4 Å². The molecule has 0 aromatic heterocycles. The van der Waals surface area contributed by atoms with Crippen LogP contribution in [-0.2, 0) is 0 Å². The van der Waals surface area contributed by atoms with Crippen LogP contribution in [0.2, 0.25) is 0 Å². The van der Waals surface area contributed by atoms with Crippen molar-refractivity contribution in [3.63, 3.8) is 0 Å². The maximum Gasteiger partial charge on any atom is 0.270 e. The van der Waals surface area contributed by atoms with E-state index in [0.717, 1.165) is 19.5 Å². The lowest BCUT2D eigenvalue weighted by Gasteiger charge is -2.30. The monoisotopic (exact) mass is 425 g/mol. The Hall–Kier alpha value is -0.930. The molecule has 0 spiro atoms. The third-order valence-corrected chi connectivity index (χ3v) is 4.40. The Bertz CT molecular complexity index is 541. The molecule has 116 valence electrons. The Kier molecular flexibility index (Phi) is 6.82. The predicted octanol–water partition coefficient (Wildman–Crippen LogP) is 2.35. The average molecular weight is 426 g/mol. The van der Waals surface area contributed by atoms with E-state index in [1.54, 1.807) is 0 Å². The normalized spacial score (nSPS) is 21.2. The van der Waals surface area contributed by atoms with E-state index >= 15 is 0 Å². The van der Waals surface area contributed by atoms with Crippen LogP contribution in [0.25, 0.3) is 0 Å². The second-order valence-corrected chi connectivity index (χ2v) is 6.13. The molecule has 8 heteroatoms. The second kappa shape index (κ2) is 7.90. The summed E-state index contributed by atoms with van der Waals surface area (Å²) in [5.41, 5.74) is 0.489. The number of carbonyl (C=O) groups excluding carboxylic acids is 1. The molecule has 1 fully saturated rings. The highest BCUT2D eigenvalue weighted by Crippen LogP contribution is 2.20. The molecule has 2 N–H and O–H groups in total. The van der Waals surface area contributed by atoms with Gasteiger partial charge in [-0.3, -0.25) is 14.9 Å². The van der Waals surface area contributed by atoms with E-state index in [2.05, 4.69) is 17.6 Å². The molecule has 6 nitrogen and oxygen atoms in total. The maximum atomic E-state index is 12.3. The van der Waals surface area contributed by atoms with E-state index < -0.39 is 4.92 Å². The number of amides is 1. The van der Waals surface area contributed by atoms with Gasteiger partial charge in [-0.2, -0.15) is 0 Å². The third kappa shape index (κ3) is 4.52. The predicted molar refractivity (Wildman–Crippen MR) is 91.0 cm³/mol. The van der Waals surface area contributed by atoms with E-state index in [9.17, 15) is 14.9 Å². The lowest BCUT2D eigenvalue weighted by molar-refractivity contribution is -0.384. The largest absolute Gasteiger partial charge is 0.349 e. The van der Waals surface area contributed by atoms with Crippen LogP contribution in [0.1, 0.15) is 23.7 Å². The van der Waals surface area contributed by atoms with Gasteiger partial charge in [0.25, 0.3) is 11.6 Å². The summed E-state index contributed by atoms with van der Waals surface area (Å²) in [6.07, 6.45) is 0.899. The fraction of sp³-hybridized carbons (Fsp3) is 0.462. The number of nitro groups is 1. The number of hydrogen-bond acceptors (Lipinski definition) is 4. The van der Waals surface area contributed by atoms with E-state index in [4.69, 9.17) is 0 Å². The molecule has 1 amide bonds. The molecule has 1 aromatic carbocycles. The van der Waals surface area contributed by atoms with Crippen molar-refractivity contribution in [2.24, 2.45) is 5.92 Å². The summed E-state index contributed by atoms with van der Waals surface area (Å²) in [7, 11) is 0. The summed E-state index contributed by atoms with van der Waals surface area (Å²) < 4.78 is 0.593. The first-order valence-corrected chi connectivity index (χ1v) is 7.52. The number of rotatable bonds is 3. The minimum Gasteiger partial charge on any atom is -0.349 e. The Labute approximate surface area is 142 Å². The van der Waals surface area contributed by atoms with Gasteiger partial charge in [-0.15, -0.1) is 12.4 Å². The molecule has 2 rings (SSSR count). The highest BCUT2D eigenvalue weighted by molar-refractivity contribution is 14.1. The first-order chi connectivity index (χ1) is 9.49. The van der Waals surface area contributed by atoms with Gasteiger partial charge in [0.2, 0.25) is 0 Å². The Morgan fingerprint density at radius 2 is 2.24 bits per heavy atom. The van der Waals surface area contributed by atoms with Crippen molar-refractivity contribution in [1.82, 2.24) is 10.6 Å². The van der Waals surface area contributed by atoms with E-state index in [-0.39, 0.29) is 30.0 Å². The molecular weight excluding hydrogens is 409 g/mol. The van der Waals surface area contributed by atoms with Gasteiger partial charge < -0.3 is 10.6 Å². The van der Waals surface area contributed by atoms with Gasteiger partial charge in [0.1, 0.15) is 0 Å². The Morgan fingerprint density at radius 3 is 2.81 bits per heavy atom. The maximum absolute atomic E-state index is 12.3. The molecule has 1 aliphatic rings. The minimum atomic E-state index is -0.460. The van der Waals surface area contributed by atoms with Crippen molar-refractivity contribution >= 4 is 46.6 Å². The minimum absolute atomic E-state index is 0. The average Bonchev–Trinajstić information content (AvgIpc) is 2.41. The second-order valence-electron chi connectivity index (χ2n) is 4.97. The number of non-ortho nitro benzene ring substituents is 1. The molecule has 1 aliphatic heterocycles. The topological polar surface area (TPSA) is 84.3 Å². The summed E-state index contributed by atoms with van der Waals surface area (Å²) in [4.78, 5) is 22.5. The van der Waals surface area contributed by atoms with Gasteiger partial charge in [-0.1, -0.05) is 6.92 Å². The number of nitro benzene ring substituents is 1. The summed E-state index contributed by atoms with van der Waals surface area (Å²) in [5.74, 6) is 0.214. The molecule has 1 saturated heterocycles. The SMILES string of the molecule is CC1CNCCC1NC(=O)c1ccc([N+](=O)[O-])cc1I.Cl. The van der Waals surface area contributed by atoms with Crippen molar-refractivity contribution in [2.75, 3.05) is 13.1 Å². The van der Waals surface area contributed by atoms with Crippen molar-refractivity contribution in [1.29, 1.82) is 0 Å². The van der Waals surface area contributed by atoms with Gasteiger partial charge in [-0.05, 0) is 54.1 Å². The molecule has 1 aromatic rings. The molecule has 2 atom stereocenters. The summed E-state index contributed by atoms with van der Waals surface area (Å²) in [6, 6.07) is 4.44. The fourth-order valence-electron chi connectivity index (χ4n) is 2.28. The van der Waals surface area contributed by atoms with Crippen molar-refractivity contribution in [3.05, 3.63) is 37.4 Å². The van der Waals surface area contributed by atoms with E-state index in [0.29, 0.717) is 15.1 Å².